The molecule has 7 nitrogen and oxygen atoms in total. The topological polar surface area (TPSA) is 97.1 Å². The number of benzene rings is 3. The molecule has 5 rings (SSSR count). The smallest absolute Gasteiger partial charge is 0.337 e. The number of carbonyl (C=O) groups is 2. The van der Waals surface area contributed by atoms with Crippen LogP contribution >= 0.6 is 34.5 Å². The zero-order valence-corrected chi connectivity index (χ0v) is 19.5. The molecule has 0 bridgehead atoms. The van der Waals surface area contributed by atoms with E-state index < -0.39 is 11.9 Å². The van der Waals surface area contributed by atoms with Gasteiger partial charge in [-0.25, -0.2) is 9.48 Å². The highest BCUT2D eigenvalue weighted by atomic mass is 35.5. The molecule has 3 aromatic carbocycles. The molecule has 10 heteroatoms. The van der Waals surface area contributed by atoms with Gasteiger partial charge in [0.2, 0.25) is 0 Å². The quantitative estimate of drug-likeness (QED) is 0.286. The van der Waals surface area contributed by atoms with Crippen LogP contribution in [0.1, 0.15) is 20.0 Å². The molecule has 0 saturated carbocycles. The summed E-state index contributed by atoms with van der Waals surface area (Å²) in [5.41, 5.74) is 1.92. The van der Waals surface area contributed by atoms with Crippen molar-refractivity contribution in [3.05, 3.63) is 93.4 Å². The van der Waals surface area contributed by atoms with E-state index in [2.05, 4.69) is 15.6 Å². The first-order chi connectivity index (χ1) is 16.4. The third-order valence-corrected chi connectivity index (χ3v) is 7.05. The molecule has 0 atom stereocenters. The van der Waals surface area contributed by atoms with Gasteiger partial charge in [0.25, 0.3) is 5.91 Å². The number of aromatic carboxylic acids is 1. The zero-order chi connectivity index (χ0) is 23.8. The molecule has 0 spiro atoms. The summed E-state index contributed by atoms with van der Waals surface area (Å²) >= 11 is 13.6. The molecular weight excluding hydrogens is 495 g/mol. The van der Waals surface area contributed by atoms with E-state index in [1.807, 2.05) is 24.3 Å². The number of fused-ring (bicyclic) bond motifs is 1. The number of thiophene rings is 1. The van der Waals surface area contributed by atoms with Crippen LogP contribution in [-0.2, 0) is 0 Å². The molecule has 0 aliphatic carbocycles. The number of nitrogens with one attached hydrogen (secondary N) is 1. The summed E-state index contributed by atoms with van der Waals surface area (Å²) < 4.78 is 2.44. The summed E-state index contributed by atoms with van der Waals surface area (Å²) in [5, 5.41) is 22.4. The largest absolute Gasteiger partial charge is 0.478 e. The highest BCUT2D eigenvalue weighted by Crippen LogP contribution is 2.36. The van der Waals surface area contributed by atoms with Crippen LogP contribution in [0.5, 0.6) is 0 Å². The van der Waals surface area contributed by atoms with Gasteiger partial charge in [-0.3, -0.25) is 4.79 Å². The van der Waals surface area contributed by atoms with Crippen molar-refractivity contribution < 1.29 is 14.7 Å². The standard InChI is InChI=1S/C24H14Cl2N4O3S/c25-14-6-8-15(9-7-14)30-12-19(28-29-30)13-5-10-16(24(32)33)18(11-13)27-23(31)22-21(26)17-3-1-2-4-20(17)34-22/h1-12H,(H,27,31)(H,32,33). The predicted molar refractivity (Wildman–Crippen MR) is 134 cm³/mol. The first-order valence-electron chi connectivity index (χ1n) is 9.95. The van der Waals surface area contributed by atoms with E-state index in [0.29, 0.717) is 26.2 Å². The van der Waals surface area contributed by atoms with E-state index in [-0.39, 0.29) is 11.3 Å². The average molecular weight is 509 g/mol. The number of aromatic nitrogens is 3. The van der Waals surface area contributed by atoms with Gasteiger partial charge in [-0.15, -0.1) is 16.4 Å². The SMILES string of the molecule is O=C(O)c1ccc(-c2cn(-c3ccc(Cl)cc3)nn2)cc1NC(=O)c1sc2ccccc2c1Cl. The fourth-order valence-corrected chi connectivity index (χ4v) is 4.99. The van der Waals surface area contributed by atoms with Crippen LogP contribution < -0.4 is 5.32 Å². The van der Waals surface area contributed by atoms with Gasteiger partial charge >= 0.3 is 5.97 Å². The Balaban J connectivity index is 1.49. The molecule has 0 fully saturated rings. The maximum atomic E-state index is 13.0. The third-order valence-electron chi connectivity index (χ3n) is 5.12. The zero-order valence-electron chi connectivity index (χ0n) is 17.2. The number of carboxylic acids is 1. The van der Waals surface area contributed by atoms with Gasteiger partial charge in [0.05, 0.1) is 28.2 Å². The fourth-order valence-electron chi connectivity index (χ4n) is 3.45. The lowest BCUT2D eigenvalue weighted by Gasteiger charge is -2.09. The molecule has 0 saturated heterocycles. The van der Waals surface area contributed by atoms with Crippen LogP contribution in [0.25, 0.3) is 27.0 Å². The van der Waals surface area contributed by atoms with Crippen molar-refractivity contribution in [2.24, 2.45) is 0 Å². The molecule has 168 valence electrons. The third kappa shape index (κ3) is 4.14. The molecule has 5 aromatic rings. The lowest BCUT2D eigenvalue weighted by atomic mass is 10.1. The highest BCUT2D eigenvalue weighted by Gasteiger charge is 2.20. The second-order valence-electron chi connectivity index (χ2n) is 7.29. The summed E-state index contributed by atoms with van der Waals surface area (Å²) in [5.74, 6) is -1.66. The normalized spacial score (nSPS) is 11.0. The van der Waals surface area contributed by atoms with Gasteiger partial charge in [0.15, 0.2) is 0 Å². The molecule has 2 aromatic heterocycles. The van der Waals surface area contributed by atoms with Crippen molar-refractivity contribution in [3.63, 3.8) is 0 Å². The van der Waals surface area contributed by atoms with Gasteiger partial charge in [-0.1, -0.05) is 52.7 Å². The highest BCUT2D eigenvalue weighted by molar-refractivity contribution is 7.21. The van der Waals surface area contributed by atoms with Crippen molar-refractivity contribution in [1.82, 2.24) is 15.0 Å². The van der Waals surface area contributed by atoms with Crippen LogP contribution in [0.2, 0.25) is 10.0 Å². The number of rotatable bonds is 5. The molecule has 2 heterocycles. The van der Waals surface area contributed by atoms with E-state index in [1.54, 1.807) is 47.3 Å². The van der Waals surface area contributed by atoms with Crippen molar-refractivity contribution in [2.75, 3.05) is 5.32 Å². The van der Waals surface area contributed by atoms with Crippen molar-refractivity contribution in [1.29, 1.82) is 0 Å². The number of halogens is 2. The number of hydrogen-bond acceptors (Lipinski definition) is 5. The Bertz CT molecular complexity index is 1560. The molecular formula is C24H14Cl2N4O3S. The predicted octanol–water partition coefficient (Wildman–Crippen LogP) is 6.41. The van der Waals surface area contributed by atoms with E-state index >= 15 is 0 Å². The van der Waals surface area contributed by atoms with Crippen LogP contribution in [0.15, 0.2) is 72.9 Å². The van der Waals surface area contributed by atoms with E-state index in [4.69, 9.17) is 23.2 Å². The molecule has 34 heavy (non-hydrogen) atoms. The molecule has 0 aliphatic heterocycles. The Hall–Kier alpha value is -3.72. The van der Waals surface area contributed by atoms with Crippen molar-refractivity contribution in [2.45, 2.75) is 0 Å². The van der Waals surface area contributed by atoms with Crippen LogP contribution in [0, 0.1) is 0 Å². The minimum atomic E-state index is -1.17. The maximum Gasteiger partial charge on any atom is 0.337 e. The minimum absolute atomic E-state index is 0.0561. The first kappa shape index (κ1) is 22.1. The minimum Gasteiger partial charge on any atom is -0.478 e. The van der Waals surface area contributed by atoms with Gasteiger partial charge in [-0.05, 0) is 42.5 Å². The maximum absolute atomic E-state index is 13.0. The first-order valence-corrected chi connectivity index (χ1v) is 11.5. The van der Waals surface area contributed by atoms with E-state index in [1.165, 1.54) is 17.4 Å². The average Bonchev–Trinajstić information content (AvgIpc) is 3.45. The number of carboxylic acid groups (broad SMARTS) is 1. The monoisotopic (exact) mass is 508 g/mol. The number of amides is 1. The second kappa shape index (κ2) is 8.90. The van der Waals surface area contributed by atoms with Crippen LogP contribution in [-0.4, -0.2) is 32.0 Å². The molecule has 1 amide bonds. The summed E-state index contributed by atoms with van der Waals surface area (Å²) in [7, 11) is 0. The van der Waals surface area contributed by atoms with Gasteiger partial charge in [-0.2, -0.15) is 0 Å². The van der Waals surface area contributed by atoms with Crippen molar-refractivity contribution in [3.8, 4) is 16.9 Å². The lowest BCUT2D eigenvalue weighted by Crippen LogP contribution is -2.14. The second-order valence-corrected chi connectivity index (χ2v) is 9.15. The molecule has 2 N–H and O–H groups in total. The van der Waals surface area contributed by atoms with E-state index in [0.717, 1.165) is 15.8 Å². The summed E-state index contributed by atoms with van der Waals surface area (Å²) in [6, 6.07) is 19.1. The Morgan fingerprint density at radius 3 is 2.50 bits per heavy atom. The van der Waals surface area contributed by atoms with E-state index in [9.17, 15) is 14.7 Å². The molecule has 0 aliphatic rings. The van der Waals surface area contributed by atoms with Gasteiger partial charge < -0.3 is 10.4 Å². The number of hydrogen-bond donors (Lipinski definition) is 2. The Kier molecular flexibility index (Phi) is 5.79. The summed E-state index contributed by atoms with van der Waals surface area (Å²) in [4.78, 5) is 25.1. The fraction of sp³-hybridized carbons (Fsp3) is 0. The lowest BCUT2D eigenvalue weighted by molar-refractivity contribution is 0.0698. The van der Waals surface area contributed by atoms with Crippen LogP contribution in [0.4, 0.5) is 5.69 Å². The molecule has 0 radical (unpaired) electrons. The van der Waals surface area contributed by atoms with Gasteiger partial charge in [0, 0.05) is 20.7 Å². The van der Waals surface area contributed by atoms with Crippen molar-refractivity contribution >= 4 is 62.2 Å². The summed E-state index contributed by atoms with van der Waals surface area (Å²) in [6.07, 6.45) is 1.70. The Morgan fingerprint density at radius 1 is 1.00 bits per heavy atom. The number of nitrogens with zero attached hydrogens (tertiary/aromatic N) is 3. The Morgan fingerprint density at radius 2 is 1.76 bits per heavy atom. The van der Waals surface area contributed by atoms with Gasteiger partial charge in [0.1, 0.15) is 10.6 Å². The molecule has 0 unspecified atom stereocenters. The Labute approximate surface area is 207 Å². The summed E-state index contributed by atoms with van der Waals surface area (Å²) in [6.45, 7) is 0. The number of anilines is 1. The van der Waals surface area contributed by atoms with Crippen LogP contribution in [0.3, 0.4) is 0 Å². The number of carbonyl (C=O) groups excluding carboxylic acids is 1.